The first-order valence-corrected chi connectivity index (χ1v) is 10.3. The molecule has 3 heterocycles. The van der Waals surface area contributed by atoms with Gasteiger partial charge in [-0.1, -0.05) is 30.3 Å². The fourth-order valence-corrected chi connectivity index (χ4v) is 4.86. The number of nitrogens with zero attached hydrogens (tertiary/aromatic N) is 4. The number of amides is 1. The molecular formula is C22H20N4OS. The Morgan fingerprint density at radius 2 is 1.89 bits per heavy atom. The molecule has 1 aliphatic heterocycles. The van der Waals surface area contributed by atoms with Gasteiger partial charge in [0.1, 0.15) is 0 Å². The molecule has 0 aliphatic carbocycles. The fraction of sp³-hybridized carbons (Fsp3) is 0.227. The van der Waals surface area contributed by atoms with Gasteiger partial charge in [-0.15, -0.1) is 11.3 Å². The minimum atomic E-state index is 0.0491. The number of hydrogen-bond acceptors (Lipinski definition) is 4. The van der Waals surface area contributed by atoms with E-state index in [1.54, 1.807) is 22.2 Å². The molecule has 5 nitrogen and oxygen atoms in total. The quantitative estimate of drug-likeness (QED) is 0.519. The Morgan fingerprint density at radius 1 is 1.07 bits per heavy atom. The number of para-hydroxylation sites is 2. The molecule has 1 aliphatic rings. The van der Waals surface area contributed by atoms with Crippen molar-refractivity contribution in [2.75, 3.05) is 13.1 Å². The Bertz CT molecular complexity index is 1080. The zero-order chi connectivity index (χ0) is 18.9. The molecule has 2 aromatic heterocycles. The van der Waals surface area contributed by atoms with Gasteiger partial charge in [0.05, 0.1) is 32.7 Å². The zero-order valence-electron chi connectivity index (χ0n) is 15.4. The van der Waals surface area contributed by atoms with Crippen LogP contribution < -0.4 is 0 Å². The normalized spacial score (nSPS) is 17.1. The summed E-state index contributed by atoms with van der Waals surface area (Å²) in [5.74, 6) is 0.354. The van der Waals surface area contributed by atoms with Crippen molar-refractivity contribution < 1.29 is 4.79 Å². The molecule has 0 saturated carbocycles. The second kappa shape index (κ2) is 7.20. The van der Waals surface area contributed by atoms with E-state index in [4.69, 9.17) is 4.98 Å². The van der Waals surface area contributed by atoms with Crippen molar-refractivity contribution in [1.29, 1.82) is 0 Å². The number of thiazole rings is 1. The standard InChI is InChI=1S/C22H20N4OS/c27-22(17-13-23-26(15-17)18-8-2-1-3-9-18)25-12-6-7-16(14-25)21-24-19-10-4-5-11-20(19)28-21/h1-5,8-11,13,15-16H,6-7,12,14H2/t16-/m0/s1. The summed E-state index contributed by atoms with van der Waals surface area (Å²) in [4.78, 5) is 19.8. The third-order valence-corrected chi connectivity index (χ3v) is 6.42. The fourth-order valence-electron chi connectivity index (χ4n) is 3.77. The summed E-state index contributed by atoms with van der Waals surface area (Å²) in [5.41, 5.74) is 2.64. The molecule has 2 aromatic carbocycles. The maximum atomic E-state index is 13.0. The first kappa shape index (κ1) is 17.1. The van der Waals surface area contributed by atoms with Crippen molar-refractivity contribution in [1.82, 2.24) is 19.7 Å². The molecule has 0 bridgehead atoms. The number of carbonyl (C=O) groups is 1. The minimum Gasteiger partial charge on any atom is -0.338 e. The van der Waals surface area contributed by atoms with Gasteiger partial charge in [-0.3, -0.25) is 4.79 Å². The molecule has 0 N–H and O–H groups in total. The smallest absolute Gasteiger partial charge is 0.257 e. The number of piperidine rings is 1. The first-order chi connectivity index (χ1) is 13.8. The lowest BCUT2D eigenvalue weighted by atomic mass is 9.98. The summed E-state index contributed by atoms with van der Waals surface area (Å²) in [5, 5.41) is 5.50. The van der Waals surface area contributed by atoms with Crippen molar-refractivity contribution in [2.45, 2.75) is 18.8 Å². The lowest BCUT2D eigenvalue weighted by molar-refractivity contribution is 0.0707. The summed E-state index contributed by atoms with van der Waals surface area (Å²) in [7, 11) is 0. The average Bonchev–Trinajstić information content (AvgIpc) is 3.41. The van der Waals surface area contributed by atoms with Crippen LogP contribution >= 0.6 is 11.3 Å². The summed E-state index contributed by atoms with van der Waals surface area (Å²) in [6, 6.07) is 18.1. The van der Waals surface area contributed by atoms with E-state index >= 15 is 0 Å². The zero-order valence-corrected chi connectivity index (χ0v) is 16.2. The highest BCUT2D eigenvalue weighted by molar-refractivity contribution is 7.18. The van der Waals surface area contributed by atoms with Crippen molar-refractivity contribution in [3.8, 4) is 5.69 Å². The maximum absolute atomic E-state index is 13.0. The van der Waals surface area contributed by atoms with E-state index in [-0.39, 0.29) is 5.91 Å². The second-order valence-electron chi connectivity index (χ2n) is 7.12. The SMILES string of the molecule is O=C(c1cnn(-c2ccccc2)c1)N1CCC[C@H](c2nc3ccccc3s2)C1. The molecule has 1 atom stereocenters. The monoisotopic (exact) mass is 388 g/mol. The van der Waals surface area contributed by atoms with Crippen LogP contribution in [0.15, 0.2) is 67.0 Å². The van der Waals surface area contributed by atoms with Crippen LogP contribution in [0.3, 0.4) is 0 Å². The number of rotatable bonds is 3. The molecule has 140 valence electrons. The average molecular weight is 388 g/mol. The minimum absolute atomic E-state index is 0.0491. The van der Waals surface area contributed by atoms with Crippen LogP contribution in [0.25, 0.3) is 15.9 Å². The van der Waals surface area contributed by atoms with Crippen molar-refractivity contribution in [2.24, 2.45) is 0 Å². The maximum Gasteiger partial charge on any atom is 0.257 e. The molecule has 1 fully saturated rings. The van der Waals surface area contributed by atoms with Crippen LogP contribution in [0.5, 0.6) is 0 Å². The van der Waals surface area contributed by atoms with Gasteiger partial charge in [-0.05, 0) is 37.1 Å². The highest BCUT2D eigenvalue weighted by atomic mass is 32.1. The number of benzene rings is 2. The van der Waals surface area contributed by atoms with Gasteiger partial charge in [-0.25, -0.2) is 9.67 Å². The lowest BCUT2D eigenvalue weighted by Gasteiger charge is -2.31. The van der Waals surface area contributed by atoms with Gasteiger partial charge in [0.15, 0.2) is 0 Å². The van der Waals surface area contributed by atoms with Crippen LogP contribution in [0.4, 0.5) is 0 Å². The molecule has 4 aromatic rings. The third kappa shape index (κ3) is 3.20. The third-order valence-electron chi connectivity index (χ3n) is 5.22. The van der Waals surface area contributed by atoms with Crippen molar-refractivity contribution in [3.63, 3.8) is 0 Å². The Labute approximate surface area is 167 Å². The predicted octanol–water partition coefficient (Wildman–Crippen LogP) is 4.50. The van der Waals surface area contributed by atoms with Crippen LogP contribution in [-0.2, 0) is 0 Å². The number of carbonyl (C=O) groups excluding carboxylic acids is 1. The van der Waals surface area contributed by atoms with Gasteiger partial charge in [0, 0.05) is 25.2 Å². The summed E-state index contributed by atoms with van der Waals surface area (Å²) in [6.07, 6.45) is 5.56. The molecular weight excluding hydrogens is 368 g/mol. The van der Waals surface area contributed by atoms with E-state index in [1.165, 1.54) is 4.70 Å². The Morgan fingerprint density at radius 3 is 2.75 bits per heavy atom. The topological polar surface area (TPSA) is 51.0 Å². The first-order valence-electron chi connectivity index (χ1n) is 9.53. The predicted molar refractivity (Wildman–Crippen MR) is 111 cm³/mol. The van der Waals surface area contributed by atoms with E-state index in [2.05, 4.69) is 17.2 Å². The number of fused-ring (bicyclic) bond motifs is 1. The van der Waals surface area contributed by atoms with Gasteiger partial charge in [0.2, 0.25) is 0 Å². The van der Waals surface area contributed by atoms with Crippen molar-refractivity contribution in [3.05, 3.63) is 77.6 Å². The molecule has 1 amide bonds. The van der Waals surface area contributed by atoms with Crippen LogP contribution in [0.2, 0.25) is 0 Å². The molecule has 1 saturated heterocycles. The van der Waals surface area contributed by atoms with Gasteiger partial charge < -0.3 is 4.90 Å². The molecule has 0 spiro atoms. The number of aromatic nitrogens is 3. The van der Waals surface area contributed by atoms with E-state index in [9.17, 15) is 4.79 Å². The van der Waals surface area contributed by atoms with Crippen molar-refractivity contribution >= 4 is 27.5 Å². The van der Waals surface area contributed by atoms with Crippen LogP contribution in [0.1, 0.15) is 34.1 Å². The van der Waals surface area contributed by atoms with Gasteiger partial charge in [0.25, 0.3) is 5.91 Å². The van der Waals surface area contributed by atoms with E-state index in [1.807, 2.05) is 53.6 Å². The second-order valence-corrected chi connectivity index (χ2v) is 8.18. The highest BCUT2D eigenvalue weighted by Gasteiger charge is 2.28. The lowest BCUT2D eigenvalue weighted by Crippen LogP contribution is -2.39. The van der Waals surface area contributed by atoms with E-state index in [0.717, 1.165) is 42.1 Å². The summed E-state index contributed by atoms with van der Waals surface area (Å²) >= 11 is 1.75. The Balaban J connectivity index is 1.35. The van der Waals surface area contributed by atoms with Crippen LogP contribution in [0, 0.1) is 0 Å². The molecule has 28 heavy (non-hydrogen) atoms. The molecule has 0 radical (unpaired) electrons. The van der Waals surface area contributed by atoms with Gasteiger partial charge >= 0.3 is 0 Å². The summed E-state index contributed by atoms with van der Waals surface area (Å²) in [6.45, 7) is 1.51. The summed E-state index contributed by atoms with van der Waals surface area (Å²) < 4.78 is 2.97. The van der Waals surface area contributed by atoms with Gasteiger partial charge in [-0.2, -0.15) is 5.10 Å². The molecule has 6 heteroatoms. The van der Waals surface area contributed by atoms with E-state index < -0.39 is 0 Å². The number of likely N-dealkylation sites (tertiary alicyclic amines) is 1. The highest BCUT2D eigenvalue weighted by Crippen LogP contribution is 2.33. The molecule has 5 rings (SSSR count). The van der Waals surface area contributed by atoms with Crippen LogP contribution in [-0.4, -0.2) is 38.7 Å². The largest absolute Gasteiger partial charge is 0.338 e. The Kier molecular flexibility index (Phi) is 4.41. The Hall–Kier alpha value is -2.99. The number of hydrogen-bond donors (Lipinski definition) is 0. The van der Waals surface area contributed by atoms with E-state index in [0.29, 0.717) is 11.5 Å². The molecule has 0 unspecified atom stereocenters.